The number of carbonyl (C=O) groups is 2. The van der Waals surface area contributed by atoms with Gasteiger partial charge in [-0.3, -0.25) is 9.59 Å². The van der Waals surface area contributed by atoms with Crippen molar-refractivity contribution in [1.29, 1.82) is 0 Å². The number of nitrogens with one attached hydrogen (secondary N) is 1. The van der Waals surface area contributed by atoms with Gasteiger partial charge in [0, 0.05) is 11.6 Å². The number of methoxy groups -OCH3 is 1. The van der Waals surface area contributed by atoms with E-state index in [1.807, 2.05) is 0 Å². The van der Waals surface area contributed by atoms with Crippen LogP contribution in [0.4, 0.5) is 0 Å². The molecule has 1 aromatic heterocycles. The van der Waals surface area contributed by atoms with Gasteiger partial charge in [0.05, 0.1) is 18.1 Å². The van der Waals surface area contributed by atoms with Crippen molar-refractivity contribution in [3.8, 4) is 0 Å². The first-order valence-corrected chi connectivity index (χ1v) is 8.43. The molecule has 0 unspecified atom stereocenters. The van der Waals surface area contributed by atoms with Crippen LogP contribution >= 0.6 is 0 Å². The van der Waals surface area contributed by atoms with Crippen molar-refractivity contribution in [2.24, 2.45) is 17.3 Å². The fraction of sp³-hybridized carbons (Fsp3) is 0.611. The van der Waals surface area contributed by atoms with E-state index in [1.165, 1.54) is 25.5 Å². The van der Waals surface area contributed by atoms with Gasteiger partial charge in [-0.2, -0.15) is 0 Å². The number of carbonyl (C=O) groups excluding carboxylic acids is 2. The molecular formula is C18H21NO5. The lowest BCUT2D eigenvalue weighted by Gasteiger charge is -2.60. The van der Waals surface area contributed by atoms with E-state index in [1.54, 1.807) is 0 Å². The minimum atomic E-state index is -0.481. The lowest BCUT2D eigenvalue weighted by atomic mass is 9.47. The Morgan fingerprint density at radius 1 is 1.21 bits per heavy atom. The molecule has 1 heterocycles. The topological polar surface area (TPSA) is 85.6 Å². The molecule has 4 aliphatic rings. The summed E-state index contributed by atoms with van der Waals surface area (Å²) in [6.07, 6.45) is 6.52. The lowest BCUT2D eigenvalue weighted by molar-refractivity contribution is -0.171. The van der Waals surface area contributed by atoms with Crippen molar-refractivity contribution >= 4 is 11.9 Å². The molecule has 1 N–H and O–H groups in total. The van der Waals surface area contributed by atoms with E-state index in [-0.39, 0.29) is 17.4 Å². The Morgan fingerprint density at radius 2 is 1.92 bits per heavy atom. The zero-order chi connectivity index (χ0) is 16.9. The highest BCUT2D eigenvalue weighted by Gasteiger charge is 2.61. The third-order valence-corrected chi connectivity index (χ3v) is 6.02. The van der Waals surface area contributed by atoms with Gasteiger partial charge in [-0.1, -0.05) is 0 Å². The van der Waals surface area contributed by atoms with E-state index >= 15 is 0 Å². The SMILES string of the molecule is COC(=O)C12C[C@H]3C[C@@H](CC(NC(=O)c4ccc(=O)oc4)(C3)C1)C2. The maximum Gasteiger partial charge on any atom is 0.335 e. The summed E-state index contributed by atoms with van der Waals surface area (Å²) in [6.45, 7) is 0. The number of hydrogen-bond acceptors (Lipinski definition) is 5. The standard InChI is InChI=1S/C18H21NO5/c1-23-16(22)17-5-11-4-12(6-17)8-18(7-11,10-17)19-15(21)13-2-3-14(20)24-9-13/h2-3,9,11-12H,4-8,10H2,1H3,(H,19,21)/t11-,12-,17?,18?/m1/s1. The van der Waals surface area contributed by atoms with Gasteiger partial charge >= 0.3 is 11.6 Å². The molecule has 128 valence electrons. The minimum absolute atomic E-state index is 0.138. The largest absolute Gasteiger partial charge is 0.469 e. The first-order valence-electron chi connectivity index (χ1n) is 8.43. The van der Waals surface area contributed by atoms with Gasteiger partial charge in [-0.25, -0.2) is 4.79 Å². The third-order valence-electron chi connectivity index (χ3n) is 6.02. The van der Waals surface area contributed by atoms with Crippen LogP contribution in [-0.2, 0) is 9.53 Å². The zero-order valence-electron chi connectivity index (χ0n) is 13.7. The third kappa shape index (κ3) is 2.36. The van der Waals surface area contributed by atoms with Gasteiger partial charge in [0.25, 0.3) is 5.91 Å². The maximum atomic E-state index is 12.6. The van der Waals surface area contributed by atoms with Crippen LogP contribution in [0.2, 0.25) is 0 Å². The van der Waals surface area contributed by atoms with Crippen LogP contribution in [-0.4, -0.2) is 24.5 Å². The molecule has 0 spiro atoms. The van der Waals surface area contributed by atoms with E-state index in [2.05, 4.69) is 5.32 Å². The Morgan fingerprint density at radius 3 is 2.50 bits per heavy atom. The molecule has 4 fully saturated rings. The Hall–Kier alpha value is -2.11. The molecule has 4 bridgehead atoms. The summed E-state index contributed by atoms with van der Waals surface area (Å²) in [5.74, 6) is 0.528. The molecule has 2 atom stereocenters. The second-order valence-corrected chi connectivity index (χ2v) is 7.81. The maximum absolute atomic E-state index is 12.6. The molecule has 4 saturated carbocycles. The first-order chi connectivity index (χ1) is 11.4. The highest BCUT2D eigenvalue weighted by Crippen LogP contribution is 2.62. The molecule has 5 rings (SSSR count). The fourth-order valence-electron chi connectivity index (χ4n) is 5.66. The van der Waals surface area contributed by atoms with E-state index in [9.17, 15) is 14.4 Å². The predicted octanol–water partition coefficient (Wildman–Crippen LogP) is 1.88. The summed E-state index contributed by atoms with van der Waals surface area (Å²) in [7, 11) is 1.44. The second-order valence-electron chi connectivity index (χ2n) is 7.81. The molecule has 4 aliphatic carbocycles. The summed E-state index contributed by atoms with van der Waals surface area (Å²) < 4.78 is 9.87. The molecule has 24 heavy (non-hydrogen) atoms. The molecule has 0 radical (unpaired) electrons. The number of rotatable bonds is 3. The van der Waals surface area contributed by atoms with Crippen molar-refractivity contribution in [1.82, 2.24) is 5.32 Å². The fourth-order valence-corrected chi connectivity index (χ4v) is 5.66. The molecule has 1 aromatic rings. The molecular weight excluding hydrogens is 310 g/mol. The van der Waals surface area contributed by atoms with Crippen molar-refractivity contribution in [3.05, 3.63) is 34.4 Å². The minimum Gasteiger partial charge on any atom is -0.469 e. The summed E-state index contributed by atoms with van der Waals surface area (Å²) in [6, 6.07) is 2.71. The van der Waals surface area contributed by atoms with Crippen LogP contribution in [0.1, 0.15) is 48.9 Å². The number of hydrogen-bond donors (Lipinski definition) is 1. The Bertz CT molecular complexity index is 718. The predicted molar refractivity (Wildman–Crippen MR) is 84.3 cm³/mol. The van der Waals surface area contributed by atoms with Crippen molar-refractivity contribution in [2.45, 2.75) is 44.1 Å². The van der Waals surface area contributed by atoms with Gasteiger partial charge in [-0.15, -0.1) is 0 Å². The normalized spacial score (nSPS) is 36.4. The summed E-state index contributed by atoms with van der Waals surface area (Å²) in [5.41, 5.74) is -0.954. The summed E-state index contributed by atoms with van der Waals surface area (Å²) >= 11 is 0. The molecule has 1 amide bonds. The second kappa shape index (κ2) is 5.19. The van der Waals surface area contributed by atoms with Gasteiger partial charge in [0.15, 0.2) is 0 Å². The highest BCUT2D eigenvalue weighted by atomic mass is 16.5. The summed E-state index contributed by atoms with van der Waals surface area (Å²) in [4.78, 5) is 36.1. The molecule has 0 saturated heterocycles. The van der Waals surface area contributed by atoms with Crippen LogP contribution < -0.4 is 10.9 Å². The van der Waals surface area contributed by atoms with E-state index in [0.717, 1.165) is 32.1 Å². The van der Waals surface area contributed by atoms with Gasteiger partial charge in [0.1, 0.15) is 6.26 Å². The van der Waals surface area contributed by atoms with Gasteiger partial charge < -0.3 is 14.5 Å². The molecule has 6 heteroatoms. The Kier molecular flexibility index (Phi) is 3.34. The van der Waals surface area contributed by atoms with Crippen LogP contribution in [0.3, 0.4) is 0 Å². The van der Waals surface area contributed by atoms with Crippen molar-refractivity contribution in [3.63, 3.8) is 0 Å². The van der Waals surface area contributed by atoms with E-state index in [4.69, 9.17) is 9.15 Å². The van der Waals surface area contributed by atoms with E-state index < -0.39 is 11.0 Å². The molecule has 0 aromatic carbocycles. The smallest absolute Gasteiger partial charge is 0.335 e. The zero-order valence-corrected chi connectivity index (χ0v) is 13.7. The molecule has 6 nitrogen and oxygen atoms in total. The van der Waals surface area contributed by atoms with Crippen LogP contribution in [0.25, 0.3) is 0 Å². The monoisotopic (exact) mass is 331 g/mol. The summed E-state index contributed by atoms with van der Waals surface area (Å²) in [5, 5.41) is 3.16. The van der Waals surface area contributed by atoms with Crippen molar-refractivity contribution < 1.29 is 18.7 Å². The van der Waals surface area contributed by atoms with E-state index in [0.29, 0.717) is 23.8 Å². The Balaban J connectivity index is 1.60. The highest BCUT2D eigenvalue weighted by molar-refractivity contribution is 5.94. The molecule has 0 aliphatic heterocycles. The number of esters is 1. The van der Waals surface area contributed by atoms with Crippen LogP contribution in [0.15, 0.2) is 27.6 Å². The number of ether oxygens (including phenoxy) is 1. The average Bonchev–Trinajstić information content (AvgIpc) is 2.52. The van der Waals surface area contributed by atoms with Crippen molar-refractivity contribution in [2.75, 3.05) is 7.11 Å². The average molecular weight is 331 g/mol. The van der Waals surface area contributed by atoms with Crippen LogP contribution in [0, 0.1) is 17.3 Å². The lowest BCUT2D eigenvalue weighted by Crippen LogP contribution is -2.64. The quantitative estimate of drug-likeness (QED) is 0.855. The van der Waals surface area contributed by atoms with Crippen LogP contribution in [0.5, 0.6) is 0 Å². The number of amides is 1. The Labute approximate surface area is 139 Å². The van der Waals surface area contributed by atoms with Gasteiger partial charge in [0.2, 0.25) is 0 Å². The first kappa shape index (κ1) is 15.4. The van der Waals surface area contributed by atoms with Gasteiger partial charge in [-0.05, 0) is 56.4 Å².